The summed E-state index contributed by atoms with van der Waals surface area (Å²) in [6, 6.07) is 13.4. The van der Waals surface area contributed by atoms with Gasteiger partial charge in [0, 0.05) is 6.42 Å². The second-order valence-corrected chi connectivity index (χ2v) is 4.50. The largest absolute Gasteiger partial charge is 0.414 e. The number of ether oxygens (including phenoxy) is 1. The predicted octanol–water partition coefficient (Wildman–Crippen LogP) is 4.23. The molecule has 2 atom stereocenters. The van der Waals surface area contributed by atoms with Gasteiger partial charge in [-0.2, -0.15) is 13.2 Å². The van der Waals surface area contributed by atoms with E-state index in [0.717, 1.165) is 16.3 Å². The van der Waals surface area contributed by atoms with E-state index >= 15 is 0 Å². The molecule has 18 heavy (non-hydrogen) atoms. The molecule has 0 radical (unpaired) electrons. The summed E-state index contributed by atoms with van der Waals surface area (Å²) in [5, 5.41) is 2.10. The maximum Gasteiger partial charge on any atom is 0.414 e. The maximum atomic E-state index is 12.3. The lowest BCUT2D eigenvalue weighted by atomic mass is 9.95. The van der Waals surface area contributed by atoms with Crippen LogP contribution in [0, 0.1) is 0 Å². The molecule has 0 bridgehead atoms. The van der Waals surface area contributed by atoms with Gasteiger partial charge in [-0.3, -0.25) is 0 Å². The molecular formula is C14H11F3O. The average molecular weight is 252 g/mol. The molecule has 1 aliphatic heterocycles. The number of benzene rings is 2. The first kappa shape index (κ1) is 11.5. The zero-order valence-corrected chi connectivity index (χ0v) is 9.45. The molecule has 4 heteroatoms. The van der Waals surface area contributed by atoms with Gasteiger partial charge in [0.1, 0.15) is 0 Å². The predicted molar refractivity (Wildman–Crippen MR) is 62.2 cm³/mol. The fourth-order valence-corrected chi connectivity index (χ4v) is 2.22. The van der Waals surface area contributed by atoms with Gasteiger partial charge in [0.25, 0.3) is 0 Å². The van der Waals surface area contributed by atoms with Crippen LogP contribution in [0.5, 0.6) is 0 Å². The number of rotatable bonds is 1. The zero-order valence-electron chi connectivity index (χ0n) is 9.45. The Morgan fingerprint density at radius 1 is 1.00 bits per heavy atom. The summed E-state index contributed by atoms with van der Waals surface area (Å²) in [4.78, 5) is 0. The second kappa shape index (κ2) is 3.99. The molecule has 0 amide bonds. The van der Waals surface area contributed by atoms with Crippen LogP contribution in [0.2, 0.25) is 0 Å². The van der Waals surface area contributed by atoms with E-state index in [1.54, 1.807) is 0 Å². The molecule has 0 saturated carbocycles. The SMILES string of the molecule is FC(F)(F)[C@@H]1C[C@H](c2ccc3ccccc3c2)O1. The molecule has 1 heterocycles. The Hall–Kier alpha value is -1.55. The Balaban J connectivity index is 1.81. The Morgan fingerprint density at radius 3 is 2.33 bits per heavy atom. The molecule has 1 fully saturated rings. The van der Waals surface area contributed by atoms with E-state index in [1.165, 1.54) is 0 Å². The van der Waals surface area contributed by atoms with Crippen LogP contribution in [0.3, 0.4) is 0 Å². The summed E-state index contributed by atoms with van der Waals surface area (Å²) >= 11 is 0. The van der Waals surface area contributed by atoms with Gasteiger partial charge in [0.05, 0.1) is 6.10 Å². The molecule has 0 aliphatic carbocycles. The number of alkyl halides is 3. The summed E-state index contributed by atoms with van der Waals surface area (Å²) < 4.78 is 41.9. The van der Waals surface area contributed by atoms with E-state index in [-0.39, 0.29) is 6.42 Å². The van der Waals surface area contributed by atoms with Crippen molar-refractivity contribution in [2.45, 2.75) is 24.8 Å². The third-order valence-corrected chi connectivity index (χ3v) is 3.27. The van der Waals surface area contributed by atoms with Crippen molar-refractivity contribution in [1.82, 2.24) is 0 Å². The van der Waals surface area contributed by atoms with Crippen LogP contribution in [-0.2, 0) is 4.74 Å². The fourth-order valence-electron chi connectivity index (χ4n) is 2.22. The summed E-state index contributed by atoms with van der Waals surface area (Å²) in [5.41, 5.74) is 0.814. The van der Waals surface area contributed by atoms with Crippen LogP contribution in [-0.4, -0.2) is 12.3 Å². The molecule has 94 valence electrons. The van der Waals surface area contributed by atoms with Gasteiger partial charge in [-0.25, -0.2) is 0 Å². The van der Waals surface area contributed by atoms with Crippen LogP contribution in [0.1, 0.15) is 18.1 Å². The number of halogens is 3. The molecule has 2 aromatic carbocycles. The first-order valence-corrected chi connectivity index (χ1v) is 5.75. The van der Waals surface area contributed by atoms with Crippen molar-refractivity contribution >= 4 is 10.8 Å². The lowest BCUT2D eigenvalue weighted by molar-refractivity contribution is -0.288. The molecule has 3 rings (SSSR count). The highest BCUT2D eigenvalue weighted by Gasteiger charge is 2.49. The van der Waals surface area contributed by atoms with Crippen molar-refractivity contribution in [1.29, 1.82) is 0 Å². The molecule has 0 N–H and O–H groups in total. The zero-order chi connectivity index (χ0) is 12.8. The summed E-state index contributed by atoms with van der Waals surface area (Å²) in [6.45, 7) is 0. The van der Waals surface area contributed by atoms with E-state index in [4.69, 9.17) is 4.74 Å². The minimum atomic E-state index is -4.24. The molecule has 2 aromatic rings. The summed E-state index contributed by atoms with van der Waals surface area (Å²) in [5.74, 6) is 0. The first-order chi connectivity index (χ1) is 8.54. The van der Waals surface area contributed by atoms with Crippen molar-refractivity contribution in [3.8, 4) is 0 Å². The Bertz CT molecular complexity index is 571. The minimum Gasteiger partial charge on any atom is -0.361 e. The van der Waals surface area contributed by atoms with Crippen LogP contribution < -0.4 is 0 Å². The van der Waals surface area contributed by atoms with Gasteiger partial charge in [-0.15, -0.1) is 0 Å². The summed E-state index contributed by atoms with van der Waals surface area (Å²) in [6.07, 6.45) is -6.26. The molecular weight excluding hydrogens is 241 g/mol. The van der Waals surface area contributed by atoms with Crippen LogP contribution >= 0.6 is 0 Å². The number of fused-ring (bicyclic) bond motifs is 1. The van der Waals surface area contributed by atoms with Gasteiger partial charge in [-0.05, 0) is 22.4 Å². The molecule has 0 spiro atoms. The normalized spacial score (nSPS) is 23.9. The van der Waals surface area contributed by atoms with Crippen LogP contribution in [0.15, 0.2) is 42.5 Å². The van der Waals surface area contributed by atoms with Crippen molar-refractivity contribution in [2.75, 3.05) is 0 Å². The average Bonchev–Trinajstić information content (AvgIpc) is 2.25. The standard InChI is InChI=1S/C14H11F3O/c15-14(16,17)13-8-12(18-13)11-6-5-9-3-1-2-4-10(9)7-11/h1-7,12-13H,8H2/t12-,13+/m1/s1. The highest BCUT2D eigenvalue weighted by atomic mass is 19.4. The van der Waals surface area contributed by atoms with Gasteiger partial charge in [-0.1, -0.05) is 36.4 Å². The fraction of sp³-hybridized carbons (Fsp3) is 0.286. The van der Waals surface area contributed by atoms with Crippen molar-refractivity contribution in [3.63, 3.8) is 0 Å². The third kappa shape index (κ3) is 1.97. The van der Waals surface area contributed by atoms with Crippen LogP contribution in [0.4, 0.5) is 13.2 Å². The summed E-state index contributed by atoms with van der Waals surface area (Å²) in [7, 11) is 0. The second-order valence-electron chi connectivity index (χ2n) is 4.50. The molecule has 0 unspecified atom stereocenters. The Labute approximate surface area is 102 Å². The third-order valence-electron chi connectivity index (χ3n) is 3.27. The van der Waals surface area contributed by atoms with Crippen molar-refractivity contribution in [3.05, 3.63) is 48.0 Å². The lowest BCUT2D eigenvalue weighted by Gasteiger charge is -2.37. The molecule has 1 saturated heterocycles. The van der Waals surface area contributed by atoms with E-state index in [9.17, 15) is 13.2 Å². The van der Waals surface area contributed by atoms with E-state index < -0.39 is 18.4 Å². The van der Waals surface area contributed by atoms with Crippen LogP contribution in [0.25, 0.3) is 10.8 Å². The van der Waals surface area contributed by atoms with E-state index in [2.05, 4.69) is 0 Å². The highest BCUT2D eigenvalue weighted by Crippen LogP contribution is 2.43. The maximum absolute atomic E-state index is 12.3. The van der Waals surface area contributed by atoms with Gasteiger partial charge < -0.3 is 4.74 Å². The molecule has 1 aliphatic rings. The van der Waals surface area contributed by atoms with Gasteiger partial charge in [0.2, 0.25) is 0 Å². The highest BCUT2D eigenvalue weighted by molar-refractivity contribution is 5.83. The van der Waals surface area contributed by atoms with Gasteiger partial charge >= 0.3 is 6.18 Å². The number of hydrogen-bond donors (Lipinski definition) is 0. The minimum absolute atomic E-state index is 0.0157. The molecule has 0 aromatic heterocycles. The van der Waals surface area contributed by atoms with Crippen molar-refractivity contribution in [2.24, 2.45) is 0 Å². The number of hydrogen-bond acceptors (Lipinski definition) is 1. The topological polar surface area (TPSA) is 9.23 Å². The van der Waals surface area contributed by atoms with E-state index in [1.807, 2.05) is 42.5 Å². The Kier molecular flexibility index (Phi) is 2.55. The van der Waals surface area contributed by atoms with E-state index in [0.29, 0.717) is 0 Å². The van der Waals surface area contributed by atoms with Gasteiger partial charge in [0.15, 0.2) is 6.10 Å². The lowest BCUT2D eigenvalue weighted by Crippen LogP contribution is -2.42. The Morgan fingerprint density at radius 2 is 1.67 bits per heavy atom. The first-order valence-electron chi connectivity index (χ1n) is 5.75. The monoisotopic (exact) mass is 252 g/mol. The quantitative estimate of drug-likeness (QED) is 0.737. The smallest absolute Gasteiger partial charge is 0.361 e. The van der Waals surface area contributed by atoms with Crippen molar-refractivity contribution < 1.29 is 17.9 Å². The molecule has 1 nitrogen and oxygen atoms in total.